The molecular weight excluding hydrogens is 334 g/mol. The van der Waals surface area contributed by atoms with Crippen molar-refractivity contribution in [2.45, 2.75) is 13.1 Å². The van der Waals surface area contributed by atoms with Gasteiger partial charge < -0.3 is 10.1 Å². The van der Waals surface area contributed by atoms with Crippen molar-refractivity contribution >= 4 is 16.8 Å². The fourth-order valence-electron chi connectivity index (χ4n) is 2.74. The lowest BCUT2D eigenvalue weighted by Gasteiger charge is -2.12. The van der Waals surface area contributed by atoms with Crippen LogP contribution in [-0.4, -0.2) is 22.2 Å². The van der Waals surface area contributed by atoms with Crippen LogP contribution in [0.2, 0.25) is 0 Å². The lowest BCUT2D eigenvalue weighted by molar-refractivity contribution is -0.121. The minimum atomic E-state index is -0.520. The Morgan fingerprint density at radius 3 is 2.46 bits per heavy atom. The van der Waals surface area contributed by atoms with E-state index in [2.05, 4.69) is 5.32 Å². The highest BCUT2D eigenvalue weighted by molar-refractivity contribution is 5.81. The average Bonchev–Trinajstić information content (AvgIpc) is 2.68. The number of hydrogen-bond acceptors (Lipinski definition) is 4. The second kappa shape index (κ2) is 7.26. The van der Waals surface area contributed by atoms with Gasteiger partial charge in [0.2, 0.25) is 5.91 Å². The Morgan fingerprint density at radius 2 is 1.77 bits per heavy atom. The van der Waals surface area contributed by atoms with Gasteiger partial charge in [-0.05, 0) is 29.8 Å². The monoisotopic (exact) mass is 353 g/mol. The molecule has 0 atom stereocenters. The molecule has 134 valence electrons. The molecule has 3 rings (SSSR count). The van der Waals surface area contributed by atoms with E-state index >= 15 is 0 Å². The van der Waals surface area contributed by atoms with Gasteiger partial charge in [-0.3, -0.25) is 18.7 Å². The molecule has 0 fully saturated rings. The van der Waals surface area contributed by atoms with Crippen molar-refractivity contribution in [1.29, 1.82) is 0 Å². The maximum atomic E-state index is 12.4. The van der Waals surface area contributed by atoms with Crippen LogP contribution in [0.25, 0.3) is 10.9 Å². The van der Waals surface area contributed by atoms with Crippen molar-refractivity contribution in [2.75, 3.05) is 7.11 Å². The quantitative estimate of drug-likeness (QED) is 0.743. The summed E-state index contributed by atoms with van der Waals surface area (Å²) in [6.07, 6.45) is 0. The highest BCUT2D eigenvalue weighted by Gasteiger charge is 2.13. The number of nitrogens with one attached hydrogen (secondary N) is 1. The number of methoxy groups -OCH3 is 1. The lowest BCUT2D eigenvalue weighted by atomic mass is 10.2. The third-order valence-electron chi connectivity index (χ3n) is 4.20. The molecule has 0 aliphatic carbocycles. The van der Waals surface area contributed by atoms with E-state index in [1.165, 1.54) is 11.6 Å². The minimum absolute atomic E-state index is 0.163. The molecule has 0 saturated carbocycles. The predicted molar refractivity (Wildman–Crippen MR) is 98.3 cm³/mol. The Hall–Kier alpha value is -3.35. The molecule has 0 radical (unpaired) electrons. The summed E-state index contributed by atoms with van der Waals surface area (Å²) in [4.78, 5) is 36.9. The van der Waals surface area contributed by atoms with Crippen LogP contribution in [0.1, 0.15) is 5.56 Å². The molecule has 0 unspecified atom stereocenters. The van der Waals surface area contributed by atoms with Crippen molar-refractivity contribution in [2.24, 2.45) is 7.05 Å². The summed E-state index contributed by atoms with van der Waals surface area (Å²) in [5.41, 5.74) is 0.464. The zero-order chi connectivity index (χ0) is 18.7. The fraction of sp³-hybridized carbons (Fsp3) is 0.211. The van der Waals surface area contributed by atoms with E-state index in [0.29, 0.717) is 17.4 Å². The third-order valence-corrected chi connectivity index (χ3v) is 4.20. The first-order chi connectivity index (χ1) is 12.5. The van der Waals surface area contributed by atoms with Crippen molar-refractivity contribution in [1.82, 2.24) is 14.5 Å². The van der Waals surface area contributed by atoms with Gasteiger partial charge in [0, 0.05) is 13.6 Å². The van der Waals surface area contributed by atoms with E-state index in [0.717, 1.165) is 15.9 Å². The van der Waals surface area contributed by atoms with Crippen molar-refractivity contribution < 1.29 is 9.53 Å². The van der Waals surface area contributed by atoms with E-state index < -0.39 is 5.69 Å². The summed E-state index contributed by atoms with van der Waals surface area (Å²) in [7, 11) is 2.99. The fourth-order valence-corrected chi connectivity index (χ4v) is 2.74. The molecule has 1 N–H and O–H groups in total. The molecule has 2 aromatic carbocycles. The molecule has 1 aromatic heterocycles. The maximum absolute atomic E-state index is 12.4. The first kappa shape index (κ1) is 17.5. The number of benzene rings is 2. The SMILES string of the molecule is COc1ccc(CNC(=O)Cn2c(=O)n(C)c(=O)c3ccccc32)cc1. The van der Waals surface area contributed by atoms with Crippen LogP contribution in [-0.2, 0) is 24.9 Å². The van der Waals surface area contributed by atoms with Crippen molar-refractivity contribution in [3.05, 3.63) is 74.9 Å². The number of fused-ring (bicyclic) bond motifs is 1. The van der Waals surface area contributed by atoms with Gasteiger partial charge in [0.1, 0.15) is 12.3 Å². The summed E-state index contributed by atoms with van der Waals surface area (Å²) >= 11 is 0. The molecule has 3 aromatic rings. The first-order valence-electron chi connectivity index (χ1n) is 8.09. The summed E-state index contributed by atoms with van der Waals surface area (Å²) in [5.74, 6) is 0.426. The number of amides is 1. The standard InChI is InChI=1S/C19H19N3O4/c1-21-18(24)15-5-3-4-6-16(15)22(19(21)25)12-17(23)20-11-13-7-9-14(26-2)10-8-13/h3-10H,11-12H2,1-2H3,(H,20,23). The summed E-state index contributed by atoms with van der Waals surface area (Å²) in [5, 5.41) is 3.18. The topological polar surface area (TPSA) is 82.3 Å². The average molecular weight is 353 g/mol. The smallest absolute Gasteiger partial charge is 0.331 e. The van der Waals surface area contributed by atoms with Gasteiger partial charge >= 0.3 is 5.69 Å². The number of para-hydroxylation sites is 1. The van der Waals surface area contributed by atoms with Gasteiger partial charge in [-0.1, -0.05) is 24.3 Å². The number of hydrogen-bond donors (Lipinski definition) is 1. The molecular formula is C19H19N3O4. The molecule has 0 spiro atoms. The van der Waals surface area contributed by atoms with Gasteiger partial charge in [0.05, 0.1) is 18.0 Å². The van der Waals surface area contributed by atoms with Crippen LogP contribution in [0.5, 0.6) is 5.75 Å². The number of carbonyl (C=O) groups is 1. The summed E-state index contributed by atoms with van der Waals surface area (Å²) < 4.78 is 7.41. The van der Waals surface area contributed by atoms with Gasteiger partial charge in [-0.15, -0.1) is 0 Å². The van der Waals surface area contributed by atoms with Crippen molar-refractivity contribution in [3.8, 4) is 5.75 Å². The molecule has 0 aliphatic heterocycles. The van der Waals surface area contributed by atoms with Gasteiger partial charge in [-0.2, -0.15) is 0 Å². The predicted octanol–water partition coefficient (Wildman–Crippen LogP) is 1.03. The van der Waals surface area contributed by atoms with E-state index in [1.807, 2.05) is 24.3 Å². The Morgan fingerprint density at radius 1 is 1.08 bits per heavy atom. The number of aromatic nitrogens is 2. The Labute approximate surface area is 149 Å². The number of rotatable bonds is 5. The van der Waals surface area contributed by atoms with E-state index in [1.54, 1.807) is 31.4 Å². The molecule has 26 heavy (non-hydrogen) atoms. The molecule has 1 heterocycles. The third kappa shape index (κ3) is 3.37. The van der Waals surface area contributed by atoms with Gasteiger partial charge in [-0.25, -0.2) is 4.79 Å². The minimum Gasteiger partial charge on any atom is -0.497 e. The highest BCUT2D eigenvalue weighted by atomic mass is 16.5. The van der Waals surface area contributed by atoms with E-state index in [4.69, 9.17) is 4.74 Å². The van der Waals surface area contributed by atoms with Crippen LogP contribution in [0, 0.1) is 0 Å². The number of ether oxygens (including phenoxy) is 1. The van der Waals surface area contributed by atoms with Crippen molar-refractivity contribution in [3.63, 3.8) is 0 Å². The lowest BCUT2D eigenvalue weighted by Crippen LogP contribution is -2.41. The van der Waals surface area contributed by atoms with Gasteiger partial charge in [0.15, 0.2) is 0 Å². The molecule has 7 nitrogen and oxygen atoms in total. The number of carbonyl (C=O) groups excluding carboxylic acids is 1. The van der Waals surface area contributed by atoms with Crippen LogP contribution >= 0.6 is 0 Å². The zero-order valence-electron chi connectivity index (χ0n) is 14.6. The van der Waals surface area contributed by atoms with Crippen LogP contribution in [0.4, 0.5) is 0 Å². The van der Waals surface area contributed by atoms with Crippen LogP contribution in [0.3, 0.4) is 0 Å². The first-order valence-corrected chi connectivity index (χ1v) is 8.09. The molecule has 0 saturated heterocycles. The molecule has 0 bridgehead atoms. The Balaban J connectivity index is 1.81. The summed E-state index contributed by atoms with van der Waals surface area (Å²) in [6, 6.07) is 14.1. The second-order valence-electron chi connectivity index (χ2n) is 5.87. The highest BCUT2D eigenvalue weighted by Crippen LogP contribution is 2.11. The van der Waals surface area contributed by atoms with E-state index in [-0.39, 0.29) is 18.0 Å². The molecule has 0 aliphatic rings. The van der Waals surface area contributed by atoms with E-state index in [9.17, 15) is 14.4 Å². The molecule has 1 amide bonds. The molecule has 7 heteroatoms. The maximum Gasteiger partial charge on any atom is 0.331 e. The summed E-state index contributed by atoms with van der Waals surface area (Å²) in [6.45, 7) is 0.172. The van der Waals surface area contributed by atoms with Gasteiger partial charge in [0.25, 0.3) is 5.56 Å². The Bertz CT molecular complexity index is 1060. The zero-order valence-corrected chi connectivity index (χ0v) is 14.6. The van der Waals surface area contributed by atoms with Crippen LogP contribution in [0.15, 0.2) is 58.1 Å². The second-order valence-corrected chi connectivity index (χ2v) is 5.87. The number of nitrogens with zero attached hydrogens (tertiary/aromatic N) is 2. The Kier molecular flexibility index (Phi) is 4.88. The normalized spacial score (nSPS) is 10.7. The largest absolute Gasteiger partial charge is 0.497 e. The van der Waals surface area contributed by atoms with Crippen LogP contribution < -0.4 is 21.3 Å².